The number of nitrogens with zero attached hydrogens (tertiary/aromatic N) is 2. The highest BCUT2D eigenvalue weighted by atomic mass is 16.2. The summed E-state index contributed by atoms with van der Waals surface area (Å²) >= 11 is 0. The van der Waals surface area contributed by atoms with Gasteiger partial charge in [0.1, 0.15) is 0 Å². The summed E-state index contributed by atoms with van der Waals surface area (Å²) in [5.74, 6) is -0.0954. The van der Waals surface area contributed by atoms with Gasteiger partial charge >= 0.3 is 0 Å². The number of rotatable bonds is 7. The van der Waals surface area contributed by atoms with Crippen LogP contribution in [0.1, 0.15) is 24.8 Å². The van der Waals surface area contributed by atoms with Crippen LogP contribution in [0.3, 0.4) is 0 Å². The molecule has 154 valence electrons. The first-order valence-corrected chi connectivity index (χ1v) is 10.2. The lowest BCUT2D eigenvalue weighted by molar-refractivity contribution is -0.127. The Balaban J connectivity index is 1.53. The molecule has 0 saturated carbocycles. The second-order valence-corrected chi connectivity index (χ2v) is 7.62. The van der Waals surface area contributed by atoms with Crippen molar-refractivity contribution in [1.82, 2.24) is 4.90 Å². The van der Waals surface area contributed by atoms with Gasteiger partial charge in [-0.25, -0.2) is 0 Å². The van der Waals surface area contributed by atoms with E-state index < -0.39 is 0 Å². The SMILES string of the molecule is CN(C)C(=O)Cc1ccccc1NCC(=O)Nc1ccc(N2CCCCC2)cc1. The van der Waals surface area contributed by atoms with Gasteiger partial charge in [-0.3, -0.25) is 9.59 Å². The number of piperidine rings is 1. The Hall–Kier alpha value is -3.02. The van der Waals surface area contributed by atoms with E-state index in [-0.39, 0.29) is 18.4 Å². The number of hydrogen-bond donors (Lipinski definition) is 2. The molecule has 0 atom stereocenters. The Morgan fingerprint density at radius 1 is 0.966 bits per heavy atom. The molecule has 2 amide bonds. The van der Waals surface area contributed by atoms with E-state index in [9.17, 15) is 9.59 Å². The summed E-state index contributed by atoms with van der Waals surface area (Å²) in [5, 5.41) is 6.08. The highest BCUT2D eigenvalue weighted by molar-refractivity contribution is 5.94. The van der Waals surface area contributed by atoms with Crippen molar-refractivity contribution in [3.63, 3.8) is 0 Å². The van der Waals surface area contributed by atoms with Crippen LogP contribution in [0.4, 0.5) is 17.1 Å². The molecule has 3 rings (SSSR count). The molecule has 0 aromatic heterocycles. The number of likely N-dealkylation sites (N-methyl/N-ethyl adjacent to an activating group) is 1. The number of carbonyl (C=O) groups excluding carboxylic acids is 2. The molecule has 2 aromatic carbocycles. The maximum atomic E-state index is 12.4. The van der Waals surface area contributed by atoms with Gasteiger partial charge in [-0.1, -0.05) is 18.2 Å². The Labute approximate surface area is 172 Å². The largest absolute Gasteiger partial charge is 0.376 e. The van der Waals surface area contributed by atoms with Crippen LogP contribution in [0.15, 0.2) is 48.5 Å². The summed E-state index contributed by atoms with van der Waals surface area (Å²) in [5.41, 5.74) is 3.68. The number of amides is 2. The topological polar surface area (TPSA) is 64.7 Å². The van der Waals surface area contributed by atoms with E-state index in [0.29, 0.717) is 6.42 Å². The predicted molar refractivity (Wildman–Crippen MR) is 118 cm³/mol. The Kier molecular flexibility index (Phi) is 7.11. The summed E-state index contributed by atoms with van der Waals surface area (Å²) < 4.78 is 0. The smallest absolute Gasteiger partial charge is 0.243 e. The number of nitrogens with one attached hydrogen (secondary N) is 2. The molecule has 6 heteroatoms. The monoisotopic (exact) mass is 394 g/mol. The van der Waals surface area contributed by atoms with Crippen LogP contribution in [0.2, 0.25) is 0 Å². The summed E-state index contributed by atoms with van der Waals surface area (Å²) in [4.78, 5) is 28.3. The third-order valence-electron chi connectivity index (χ3n) is 5.17. The van der Waals surface area contributed by atoms with Crippen LogP contribution in [0.5, 0.6) is 0 Å². The third kappa shape index (κ3) is 5.98. The summed E-state index contributed by atoms with van der Waals surface area (Å²) in [6.45, 7) is 2.35. The molecule has 1 heterocycles. The summed E-state index contributed by atoms with van der Waals surface area (Å²) in [6, 6.07) is 15.6. The number of anilines is 3. The standard InChI is InChI=1S/C23H30N4O2/c1-26(2)23(29)16-18-8-4-5-9-21(18)24-17-22(28)25-19-10-12-20(13-11-19)27-14-6-3-7-15-27/h4-5,8-13,24H,3,6-7,14-17H2,1-2H3,(H,25,28). The molecule has 0 bridgehead atoms. The zero-order valence-electron chi connectivity index (χ0n) is 17.3. The van der Waals surface area contributed by atoms with E-state index in [0.717, 1.165) is 30.0 Å². The lowest BCUT2D eigenvalue weighted by Crippen LogP contribution is -2.29. The minimum absolute atomic E-state index is 0.0255. The molecule has 0 radical (unpaired) electrons. The van der Waals surface area contributed by atoms with Crippen LogP contribution in [0.25, 0.3) is 0 Å². The van der Waals surface area contributed by atoms with Crippen molar-refractivity contribution < 1.29 is 9.59 Å². The van der Waals surface area contributed by atoms with E-state index >= 15 is 0 Å². The fourth-order valence-corrected chi connectivity index (χ4v) is 3.46. The fraction of sp³-hybridized carbons (Fsp3) is 0.391. The molecule has 1 fully saturated rings. The fourth-order valence-electron chi connectivity index (χ4n) is 3.46. The Morgan fingerprint density at radius 3 is 2.34 bits per heavy atom. The molecule has 1 aliphatic rings. The van der Waals surface area contributed by atoms with E-state index in [2.05, 4.69) is 27.7 Å². The van der Waals surface area contributed by atoms with Crippen molar-refractivity contribution in [2.75, 3.05) is 49.3 Å². The van der Waals surface area contributed by atoms with Gasteiger partial charge in [0.25, 0.3) is 0 Å². The number of carbonyl (C=O) groups is 2. The quantitative estimate of drug-likeness (QED) is 0.756. The first-order valence-electron chi connectivity index (χ1n) is 10.2. The van der Waals surface area contributed by atoms with E-state index in [1.165, 1.54) is 24.9 Å². The van der Waals surface area contributed by atoms with Crippen LogP contribution >= 0.6 is 0 Å². The first kappa shape index (κ1) is 20.7. The molecule has 1 aliphatic heterocycles. The molecule has 0 unspecified atom stereocenters. The highest BCUT2D eigenvalue weighted by Crippen LogP contribution is 2.22. The van der Waals surface area contributed by atoms with Crippen LogP contribution in [0, 0.1) is 0 Å². The van der Waals surface area contributed by atoms with Crippen molar-refractivity contribution in [1.29, 1.82) is 0 Å². The van der Waals surface area contributed by atoms with E-state index in [4.69, 9.17) is 0 Å². The van der Waals surface area contributed by atoms with Gasteiger partial charge in [-0.05, 0) is 55.2 Å². The molecular weight excluding hydrogens is 364 g/mol. The molecule has 1 saturated heterocycles. The summed E-state index contributed by atoms with van der Waals surface area (Å²) in [7, 11) is 3.48. The van der Waals surface area contributed by atoms with Gasteiger partial charge in [0.05, 0.1) is 13.0 Å². The predicted octanol–water partition coefficient (Wildman–Crippen LogP) is 3.36. The van der Waals surface area contributed by atoms with Gasteiger partial charge in [0.2, 0.25) is 11.8 Å². The molecule has 0 aliphatic carbocycles. The van der Waals surface area contributed by atoms with Crippen LogP contribution < -0.4 is 15.5 Å². The Morgan fingerprint density at radius 2 is 1.66 bits per heavy atom. The maximum Gasteiger partial charge on any atom is 0.243 e. The third-order valence-corrected chi connectivity index (χ3v) is 5.17. The van der Waals surface area contributed by atoms with Crippen LogP contribution in [-0.2, 0) is 16.0 Å². The second-order valence-electron chi connectivity index (χ2n) is 7.62. The molecular formula is C23H30N4O2. The molecule has 29 heavy (non-hydrogen) atoms. The average molecular weight is 395 g/mol. The average Bonchev–Trinajstić information content (AvgIpc) is 2.74. The zero-order chi connectivity index (χ0) is 20.6. The van der Waals surface area contributed by atoms with E-state index in [1.807, 2.05) is 36.4 Å². The Bertz CT molecular complexity index is 827. The zero-order valence-corrected chi connectivity index (χ0v) is 17.3. The number of para-hydroxylation sites is 1. The maximum absolute atomic E-state index is 12.4. The van der Waals surface area contributed by atoms with Gasteiger partial charge in [-0.2, -0.15) is 0 Å². The van der Waals surface area contributed by atoms with Crippen molar-refractivity contribution in [2.45, 2.75) is 25.7 Å². The van der Waals surface area contributed by atoms with Crippen molar-refractivity contribution in [2.24, 2.45) is 0 Å². The van der Waals surface area contributed by atoms with Crippen molar-refractivity contribution >= 4 is 28.9 Å². The second kappa shape index (κ2) is 9.96. The number of benzene rings is 2. The molecule has 2 aromatic rings. The van der Waals surface area contributed by atoms with Crippen LogP contribution in [-0.4, -0.2) is 50.4 Å². The van der Waals surface area contributed by atoms with Gasteiger partial charge in [0.15, 0.2) is 0 Å². The molecule has 0 spiro atoms. The van der Waals surface area contributed by atoms with Gasteiger partial charge < -0.3 is 20.4 Å². The lowest BCUT2D eigenvalue weighted by Gasteiger charge is -2.28. The minimum atomic E-state index is -0.121. The van der Waals surface area contributed by atoms with Crippen molar-refractivity contribution in [3.05, 3.63) is 54.1 Å². The van der Waals surface area contributed by atoms with E-state index in [1.54, 1.807) is 19.0 Å². The minimum Gasteiger partial charge on any atom is -0.376 e. The normalized spacial score (nSPS) is 13.7. The van der Waals surface area contributed by atoms with Gasteiger partial charge in [-0.15, -0.1) is 0 Å². The first-order chi connectivity index (χ1) is 14.0. The summed E-state index contributed by atoms with van der Waals surface area (Å²) in [6.07, 6.45) is 4.09. The van der Waals surface area contributed by atoms with Crippen molar-refractivity contribution in [3.8, 4) is 0 Å². The highest BCUT2D eigenvalue weighted by Gasteiger charge is 2.12. The lowest BCUT2D eigenvalue weighted by atomic mass is 10.1. The molecule has 2 N–H and O–H groups in total. The number of hydrogen-bond acceptors (Lipinski definition) is 4. The molecule has 6 nitrogen and oxygen atoms in total. The van der Waals surface area contributed by atoms with Gasteiger partial charge in [0, 0.05) is 44.2 Å².